The molecule has 5 heteroatoms. The Hall–Kier alpha value is -1.88. The molecule has 0 aliphatic carbocycles. The molecule has 1 heterocycles. The quantitative estimate of drug-likeness (QED) is 0.810. The van der Waals surface area contributed by atoms with Crippen LogP contribution >= 0.6 is 0 Å². The zero-order chi connectivity index (χ0) is 11.7. The van der Waals surface area contributed by atoms with Crippen LogP contribution in [0.25, 0.3) is 11.3 Å². The number of halogens is 1. The fraction of sp³-hybridized carbons (Fsp3) is 0.182. The van der Waals surface area contributed by atoms with Crippen LogP contribution in [0, 0.1) is 12.7 Å². The first-order valence-electron chi connectivity index (χ1n) is 4.83. The summed E-state index contributed by atoms with van der Waals surface area (Å²) >= 11 is 0. The number of benzene rings is 1. The molecule has 0 bridgehead atoms. The summed E-state index contributed by atoms with van der Waals surface area (Å²) in [6, 6.07) is 4.74. The van der Waals surface area contributed by atoms with E-state index in [1.165, 1.54) is 6.07 Å². The van der Waals surface area contributed by atoms with Crippen molar-refractivity contribution in [1.82, 2.24) is 4.98 Å². The summed E-state index contributed by atoms with van der Waals surface area (Å²) in [6.07, 6.45) is 0. The van der Waals surface area contributed by atoms with Gasteiger partial charge in [0.1, 0.15) is 17.3 Å². The number of rotatable bonds is 2. The van der Waals surface area contributed by atoms with Crippen LogP contribution in [0.1, 0.15) is 11.3 Å². The van der Waals surface area contributed by atoms with Crippen molar-refractivity contribution in [2.75, 3.05) is 5.73 Å². The van der Waals surface area contributed by atoms with Gasteiger partial charge < -0.3 is 15.9 Å². The highest BCUT2D eigenvalue weighted by molar-refractivity contribution is 5.63. The average Bonchev–Trinajstić information content (AvgIpc) is 2.59. The van der Waals surface area contributed by atoms with Crippen LogP contribution in [0.3, 0.4) is 0 Å². The Morgan fingerprint density at radius 1 is 1.44 bits per heavy atom. The number of aromatic nitrogens is 1. The number of anilines is 1. The van der Waals surface area contributed by atoms with Crippen molar-refractivity contribution in [3.8, 4) is 11.3 Å². The lowest BCUT2D eigenvalue weighted by molar-refractivity contribution is 0.548. The van der Waals surface area contributed by atoms with Crippen LogP contribution < -0.4 is 11.5 Å². The zero-order valence-corrected chi connectivity index (χ0v) is 8.83. The summed E-state index contributed by atoms with van der Waals surface area (Å²) in [5.74, 6) is 0.285. The number of nitrogens with zero attached hydrogens (tertiary/aromatic N) is 1. The number of aryl methyl sites for hydroxylation is 1. The van der Waals surface area contributed by atoms with E-state index in [-0.39, 0.29) is 18.4 Å². The molecule has 0 radical (unpaired) electrons. The minimum absolute atomic E-state index is 0.103. The maximum Gasteiger partial charge on any atom is 0.292 e. The Morgan fingerprint density at radius 2 is 2.19 bits per heavy atom. The Labute approximate surface area is 92.1 Å². The maximum atomic E-state index is 13.2. The summed E-state index contributed by atoms with van der Waals surface area (Å²) in [5, 5.41) is 0. The zero-order valence-electron chi connectivity index (χ0n) is 8.83. The van der Waals surface area contributed by atoms with Gasteiger partial charge in [0.25, 0.3) is 6.01 Å². The van der Waals surface area contributed by atoms with Gasteiger partial charge in [0, 0.05) is 17.7 Å². The molecule has 1 aromatic heterocycles. The first-order chi connectivity index (χ1) is 7.61. The van der Waals surface area contributed by atoms with E-state index in [9.17, 15) is 4.39 Å². The Kier molecular flexibility index (Phi) is 2.62. The molecule has 0 aliphatic heterocycles. The largest absolute Gasteiger partial charge is 0.429 e. The molecule has 0 spiro atoms. The molecular weight excluding hydrogens is 209 g/mol. The lowest BCUT2D eigenvalue weighted by Crippen LogP contribution is -2.00. The van der Waals surface area contributed by atoms with E-state index in [0.717, 1.165) is 5.56 Å². The second-order valence-corrected chi connectivity index (χ2v) is 3.47. The highest BCUT2D eigenvalue weighted by atomic mass is 19.1. The van der Waals surface area contributed by atoms with Gasteiger partial charge in [-0.2, -0.15) is 4.98 Å². The van der Waals surface area contributed by atoms with Gasteiger partial charge in [0.05, 0.1) is 0 Å². The summed E-state index contributed by atoms with van der Waals surface area (Å²) in [5.41, 5.74) is 12.7. The molecule has 16 heavy (non-hydrogen) atoms. The first kappa shape index (κ1) is 10.6. The van der Waals surface area contributed by atoms with Gasteiger partial charge in [-0.15, -0.1) is 0 Å². The molecule has 0 unspecified atom stereocenters. The van der Waals surface area contributed by atoms with E-state index in [0.29, 0.717) is 17.0 Å². The van der Waals surface area contributed by atoms with Gasteiger partial charge in [-0.25, -0.2) is 4.39 Å². The third kappa shape index (κ3) is 1.77. The van der Waals surface area contributed by atoms with E-state index < -0.39 is 0 Å². The second kappa shape index (κ2) is 3.94. The predicted molar refractivity (Wildman–Crippen MR) is 58.9 cm³/mol. The highest BCUT2D eigenvalue weighted by Crippen LogP contribution is 2.25. The summed E-state index contributed by atoms with van der Waals surface area (Å²) in [7, 11) is 0. The number of hydrogen-bond donors (Lipinski definition) is 2. The van der Waals surface area contributed by atoms with Gasteiger partial charge in [0.2, 0.25) is 0 Å². The molecule has 0 aliphatic rings. The second-order valence-electron chi connectivity index (χ2n) is 3.47. The number of nitrogens with two attached hydrogens (primary N) is 2. The molecule has 0 saturated carbocycles. The number of oxazole rings is 1. The fourth-order valence-electron chi connectivity index (χ4n) is 1.56. The van der Waals surface area contributed by atoms with Crippen molar-refractivity contribution in [2.24, 2.45) is 5.73 Å². The lowest BCUT2D eigenvalue weighted by atomic mass is 10.1. The average molecular weight is 221 g/mol. The van der Waals surface area contributed by atoms with Crippen molar-refractivity contribution >= 4 is 6.01 Å². The van der Waals surface area contributed by atoms with Crippen LogP contribution in [0.5, 0.6) is 0 Å². The normalized spacial score (nSPS) is 10.7. The SMILES string of the molecule is Cc1oc(N)nc1-c1ccc(F)c(CN)c1. The lowest BCUT2D eigenvalue weighted by Gasteiger charge is -2.02. The van der Waals surface area contributed by atoms with Crippen molar-refractivity contribution in [3.05, 3.63) is 35.3 Å². The van der Waals surface area contributed by atoms with E-state index in [2.05, 4.69) is 4.98 Å². The Bertz CT molecular complexity index is 522. The van der Waals surface area contributed by atoms with Crippen LogP contribution in [-0.4, -0.2) is 4.98 Å². The predicted octanol–water partition coefficient (Wildman–Crippen LogP) is 1.83. The molecule has 0 amide bonds. The van der Waals surface area contributed by atoms with Crippen molar-refractivity contribution in [1.29, 1.82) is 0 Å². The monoisotopic (exact) mass is 221 g/mol. The smallest absolute Gasteiger partial charge is 0.292 e. The van der Waals surface area contributed by atoms with Crippen LogP contribution in [0.2, 0.25) is 0 Å². The summed E-state index contributed by atoms with van der Waals surface area (Å²) in [4.78, 5) is 4.03. The standard InChI is InChI=1S/C11H12FN3O/c1-6-10(15-11(14)16-6)7-2-3-9(12)8(4-7)5-13/h2-4H,5,13H2,1H3,(H2,14,15). The Morgan fingerprint density at radius 3 is 2.75 bits per heavy atom. The molecule has 1 aromatic carbocycles. The van der Waals surface area contributed by atoms with Crippen LogP contribution in [0.15, 0.2) is 22.6 Å². The molecular formula is C11H12FN3O. The van der Waals surface area contributed by atoms with Crippen LogP contribution in [0.4, 0.5) is 10.4 Å². The van der Waals surface area contributed by atoms with E-state index >= 15 is 0 Å². The fourth-order valence-corrected chi connectivity index (χ4v) is 1.56. The molecule has 0 fully saturated rings. The van der Waals surface area contributed by atoms with Gasteiger partial charge in [-0.3, -0.25) is 0 Å². The minimum Gasteiger partial charge on any atom is -0.429 e. The Balaban J connectivity index is 2.52. The molecule has 0 saturated heterocycles. The molecule has 4 nitrogen and oxygen atoms in total. The highest BCUT2D eigenvalue weighted by Gasteiger charge is 2.11. The van der Waals surface area contributed by atoms with Crippen molar-refractivity contribution < 1.29 is 8.81 Å². The summed E-state index contributed by atoms with van der Waals surface area (Å²) < 4.78 is 18.4. The maximum absolute atomic E-state index is 13.2. The molecule has 0 atom stereocenters. The van der Waals surface area contributed by atoms with Gasteiger partial charge in [-0.1, -0.05) is 0 Å². The van der Waals surface area contributed by atoms with Gasteiger partial charge in [0.15, 0.2) is 0 Å². The van der Waals surface area contributed by atoms with Gasteiger partial charge in [-0.05, 0) is 25.1 Å². The minimum atomic E-state index is -0.319. The van der Waals surface area contributed by atoms with Crippen LogP contribution in [-0.2, 0) is 6.54 Å². The molecule has 84 valence electrons. The van der Waals surface area contributed by atoms with E-state index in [1.807, 2.05) is 0 Å². The van der Waals surface area contributed by atoms with Crippen molar-refractivity contribution in [3.63, 3.8) is 0 Å². The third-order valence-electron chi connectivity index (χ3n) is 2.35. The molecule has 2 rings (SSSR count). The van der Waals surface area contributed by atoms with Crippen molar-refractivity contribution in [2.45, 2.75) is 13.5 Å². The molecule has 4 N–H and O–H groups in total. The third-order valence-corrected chi connectivity index (χ3v) is 2.35. The van der Waals surface area contributed by atoms with E-state index in [4.69, 9.17) is 15.9 Å². The summed E-state index contributed by atoms with van der Waals surface area (Å²) in [6.45, 7) is 1.90. The van der Waals surface area contributed by atoms with Gasteiger partial charge >= 0.3 is 0 Å². The first-order valence-corrected chi connectivity index (χ1v) is 4.83. The topological polar surface area (TPSA) is 78.1 Å². The van der Waals surface area contributed by atoms with E-state index in [1.54, 1.807) is 19.1 Å². The number of nitrogen functional groups attached to an aromatic ring is 1. The number of hydrogen-bond acceptors (Lipinski definition) is 4. The molecule has 2 aromatic rings.